The number of hydrogen-bond donors (Lipinski definition) is 0. The van der Waals surface area contributed by atoms with Gasteiger partial charge in [0.15, 0.2) is 0 Å². The Balaban J connectivity index is 4.27. The summed E-state index contributed by atoms with van der Waals surface area (Å²) in [6.07, 6.45) is -6.59. The van der Waals surface area contributed by atoms with Crippen LogP contribution in [0.4, 0.5) is 22.0 Å². The van der Waals surface area contributed by atoms with Gasteiger partial charge in [0.2, 0.25) is 0 Å². The summed E-state index contributed by atoms with van der Waals surface area (Å²) in [4.78, 5) is 0. The summed E-state index contributed by atoms with van der Waals surface area (Å²) in [5.41, 5.74) is 0. The van der Waals surface area contributed by atoms with Crippen molar-refractivity contribution in [2.24, 2.45) is 0 Å². The molecule has 0 bridgehead atoms. The van der Waals surface area contributed by atoms with Crippen molar-refractivity contribution in [3.63, 3.8) is 0 Å². The molecule has 6 heteroatoms. The van der Waals surface area contributed by atoms with E-state index < -0.39 is 18.5 Å². The lowest BCUT2D eigenvalue weighted by atomic mass is 10.2. The summed E-state index contributed by atoms with van der Waals surface area (Å²) in [5, 5.41) is 0. The number of nitrogens with zero attached hydrogens (tertiary/aromatic N) is 1. The average molecular weight is 220 g/mol. The fourth-order valence-corrected chi connectivity index (χ4v) is 0.743. The molecule has 0 aliphatic heterocycles. The van der Waals surface area contributed by atoms with Crippen LogP contribution >= 0.6 is 0 Å². The predicted molar refractivity (Wildman–Crippen MR) is 43.1 cm³/mol. The number of rotatable bonds is 4. The number of alkyl halides is 5. The number of halogens is 5. The molecule has 14 heavy (non-hydrogen) atoms. The van der Waals surface area contributed by atoms with Crippen molar-refractivity contribution in [2.75, 3.05) is 27.2 Å². The quantitative estimate of drug-likeness (QED) is 0.504. The molecule has 0 N–H and O–H groups in total. The van der Waals surface area contributed by atoms with E-state index >= 15 is 0 Å². The molecule has 0 amide bonds. The van der Waals surface area contributed by atoms with Crippen molar-refractivity contribution in [3.05, 3.63) is 0 Å². The molecule has 0 atom stereocenters. The Labute approximate surface area is 80.1 Å². The first-order valence-corrected chi connectivity index (χ1v) is 4.28. The van der Waals surface area contributed by atoms with Crippen LogP contribution in [-0.4, -0.2) is 43.8 Å². The summed E-state index contributed by atoms with van der Waals surface area (Å²) in [6.45, 7) is 2.07. The van der Waals surface area contributed by atoms with E-state index in [0.29, 0.717) is 6.54 Å². The Bertz CT molecular complexity index is 185. The van der Waals surface area contributed by atoms with E-state index in [1.54, 1.807) is 21.0 Å². The lowest BCUT2D eigenvalue weighted by Gasteiger charge is -2.30. The molecule has 0 aromatic rings. The third kappa shape index (κ3) is 3.77. The maximum Gasteiger partial charge on any atom is 0.453 e. The van der Waals surface area contributed by atoms with Crippen LogP contribution in [-0.2, 0) is 0 Å². The molecule has 0 aliphatic rings. The van der Waals surface area contributed by atoms with Gasteiger partial charge in [0.05, 0.1) is 33.6 Å². The van der Waals surface area contributed by atoms with E-state index in [1.165, 1.54) is 0 Å². The lowest BCUT2D eigenvalue weighted by Crippen LogP contribution is -2.46. The average Bonchev–Trinajstić information content (AvgIpc) is 1.99. The van der Waals surface area contributed by atoms with Crippen molar-refractivity contribution in [2.45, 2.75) is 25.4 Å². The molecule has 0 fully saturated rings. The van der Waals surface area contributed by atoms with Crippen LogP contribution in [0.5, 0.6) is 0 Å². The SMILES string of the molecule is CC[N+](C)(C)CCC(F)(F)C(F)(F)F. The Hall–Kier alpha value is -0.390. The topological polar surface area (TPSA) is 0 Å². The van der Waals surface area contributed by atoms with E-state index in [2.05, 4.69) is 0 Å². The second-order valence-electron chi connectivity index (χ2n) is 3.93. The fourth-order valence-electron chi connectivity index (χ4n) is 0.743. The Morgan fingerprint density at radius 1 is 1.00 bits per heavy atom. The van der Waals surface area contributed by atoms with E-state index in [1.807, 2.05) is 0 Å². The smallest absolute Gasteiger partial charge is 0.329 e. The minimum absolute atomic E-state index is 0.158. The highest BCUT2D eigenvalue weighted by Gasteiger charge is 2.57. The highest BCUT2D eigenvalue weighted by molar-refractivity contribution is 4.75. The van der Waals surface area contributed by atoms with Crippen molar-refractivity contribution in [1.29, 1.82) is 0 Å². The highest BCUT2D eigenvalue weighted by atomic mass is 19.4. The van der Waals surface area contributed by atoms with E-state index in [-0.39, 0.29) is 11.0 Å². The van der Waals surface area contributed by atoms with E-state index in [0.717, 1.165) is 0 Å². The van der Waals surface area contributed by atoms with Gasteiger partial charge >= 0.3 is 12.1 Å². The molecule has 0 spiro atoms. The standard InChI is InChI=1S/C8H15F5N/c1-4-14(2,3)6-5-7(9,10)8(11,12)13/h4-6H2,1-3H3/q+1. The van der Waals surface area contributed by atoms with Gasteiger partial charge in [-0.25, -0.2) is 0 Å². The largest absolute Gasteiger partial charge is 0.453 e. The molecule has 0 unspecified atom stereocenters. The Morgan fingerprint density at radius 3 is 1.71 bits per heavy atom. The van der Waals surface area contributed by atoms with E-state index in [9.17, 15) is 22.0 Å². The second kappa shape index (κ2) is 4.00. The summed E-state index contributed by atoms with van der Waals surface area (Å²) in [6, 6.07) is 0. The minimum atomic E-state index is -5.43. The normalized spacial score (nSPS) is 14.6. The Morgan fingerprint density at radius 2 is 1.43 bits per heavy atom. The first-order valence-electron chi connectivity index (χ1n) is 4.28. The van der Waals surface area contributed by atoms with Gasteiger partial charge in [0.1, 0.15) is 0 Å². The van der Waals surface area contributed by atoms with Crippen molar-refractivity contribution in [3.8, 4) is 0 Å². The molecule has 0 aliphatic carbocycles. The summed E-state index contributed by atoms with van der Waals surface area (Å²) < 4.78 is 60.3. The molecule has 0 heterocycles. The molecule has 1 nitrogen and oxygen atoms in total. The van der Waals surface area contributed by atoms with Gasteiger partial charge in [-0.15, -0.1) is 0 Å². The second-order valence-corrected chi connectivity index (χ2v) is 3.93. The molecular weight excluding hydrogens is 205 g/mol. The van der Waals surface area contributed by atoms with Crippen LogP contribution in [0.25, 0.3) is 0 Å². The molecule has 86 valence electrons. The van der Waals surface area contributed by atoms with Gasteiger partial charge in [-0.3, -0.25) is 0 Å². The zero-order valence-electron chi connectivity index (χ0n) is 8.46. The fraction of sp³-hybridized carbons (Fsp3) is 1.00. The van der Waals surface area contributed by atoms with Gasteiger partial charge in [0, 0.05) is 0 Å². The van der Waals surface area contributed by atoms with Crippen molar-refractivity contribution < 1.29 is 26.4 Å². The van der Waals surface area contributed by atoms with Crippen LogP contribution in [0.15, 0.2) is 0 Å². The third-order valence-corrected chi connectivity index (χ3v) is 2.30. The van der Waals surface area contributed by atoms with Crippen LogP contribution in [0.3, 0.4) is 0 Å². The summed E-state index contributed by atoms with van der Waals surface area (Å²) in [7, 11) is 3.24. The van der Waals surface area contributed by atoms with Crippen molar-refractivity contribution in [1.82, 2.24) is 0 Å². The monoisotopic (exact) mass is 220 g/mol. The van der Waals surface area contributed by atoms with Crippen molar-refractivity contribution >= 4 is 0 Å². The van der Waals surface area contributed by atoms with Crippen LogP contribution in [0, 0.1) is 0 Å². The first kappa shape index (κ1) is 13.6. The summed E-state index contributed by atoms with van der Waals surface area (Å²) in [5.74, 6) is -4.57. The zero-order chi connectivity index (χ0) is 11.6. The minimum Gasteiger partial charge on any atom is -0.329 e. The number of quaternary nitrogens is 1. The molecule has 0 aromatic heterocycles. The van der Waals surface area contributed by atoms with Crippen LogP contribution < -0.4 is 0 Å². The number of hydrogen-bond acceptors (Lipinski definition) is 0. The van der Waals surface area contributed by atoms with Crippen LogP contribution in [0.1, 0.15) is 13.3 Å². The molecule has 0 radical (unpaired) electrons. The van der Waals surface area contributed by atoms with Gasteiger partial charge in [-0.05, 0) is 6.92 Å². The lowest BCUT2D eigenvalue weighted by molar-refractivity contribution is -0.889. The zero-order valence-corrected chi connectivity index (χ0v) is 8.46. The first-order chi connectivity index (χ1) is 6.02. The molecule has 0 saturated heterocycles. The maximum atomic E-state index is 12.5. The third-order valence-electron chi connectivity index (χ3n) is 2.30. The van der Waals surface area contributed by atoms with Gasteiger partial charge in [0.25, 0.3) is 0 Å². The highest BCUT2D eigenvalue weighted by Crippen LogP contribution is 2.38. The maximum absolute atomic E-state index is 12.5. The summed E-state index contributed by atoms with van der Waals surface area (Å²) >= 11 is 0. The van der Waals surface area contributed by atoms with E-state index in [4.69, 9.17) is 0 Å². The van der Waals surface area contributed by atoms with Gasteiger partial charge in [-0.1, -0.05) is 0 Å². The molecular formula is C8H15F5N+. The van der Waals surface area contributed by atoms with Gasteiger partial charge in [-0.2, -0.15) is 22.0 Å². The predicted octanol–water partition coefficient (Wildman–Crippen LogP) is 2.67. The molecule has 0 saturated carbocycles. The Kier molecular flexibility index (Phi) is 3.89. The molecule has 0 aromatic carbocycles. The molecule has 0 rings (SSSR count). The van der Waals surface area contributed by atoms with Crippen LogP contribution in [0.2, 0.25) is 0 Å². The van der Waals surface area contributed by atoms with Gasteiger partial charge < -0.3 is 4.48 Å².